The third-order valence-corrected chi connectivity index (χ3v) is 1.87. The van der Waals surface area contributed by atoms with Gasteiger partial charge < -0.3 is 10.4 Å². The Morgan fingerprint density at radius 3 is 2.78 bits per heavy atom. The van der Waals surface area contributed by atoms with Crippen molar-refractivity contribution in [3.63, 3.8) is 0 Å². The summed E-state index contributed by atoms with van der Waals surface area (Å²) in [7, 11) is 0. The summed E-state index contributed by atoms with van der Waals surface area (Å²) >= 11 is 1.89. The number of aliphatic hydroxyl groups excluding tert-OH is 1. The third kappa shape index (κ3) is 1.57. The summed E-state index contributed by atoms with van der Waals surface area (Å²) in [6.45, 7) is 0. The standard InChI is InChI=1S/C5H5FINO/c6-4-2-1-3(9)5(7)8-4/h1-2,5,8-9H. The van der Waals surface area contributed by atoms with E-state index in [0.29, 0.717) is 0 Å². The second-order valence-electron chi connectivity index (χ2n) is 1.61. The molecule has 1 heterocycles. The Labute approximate surface area is 65.6 Å². The maximum atomic E-state index is 12.2. The van der Waals surface area contributed by atoms with E-state index >= 15 is 0 Å². The molecule has 1 aliphatic rings. The number of nitrogens with one attached hydrogen (secondary N) is 1. The summed E-state index contributed by atoms with van der Waals surface area (Å²) in [4.78, 5) is 0. The van der Waals surface area contributed by atoms with E-state index in [1.165, 1.54) is 12.2 Å². The molecule has 0 spiro atoms. The Morgan fingerprint density at radius 2 is 2.33 bits per heavy atom. The first-order chi connectivity index (χ1) is 4.20. The zero-order valence-corrected chi connectivity index (χ0v) is 6.59. The number of hydrogen-bond donors (Lipinski definition) is 2. The molecule has 0 fully saturated rings. The predicted molar refractivity (Wildman–Crippen MR) is 40.8 cm³/mol. The summed E-state index contributed by atoms with van der Waals surface area (Å²) in [6.07, 6.45) is 2.52. The van der Waals surface area contributed by atoms with E-state index in [1.54, 1.807) is 0 Å². The van der Waals surface area contributed by atoms with Gasteiger partial charge in [0.05, 0.1) is 0 Å². The third-order valence-electron chi connectivity index (χ3n) is 0.925. The molecule has 0 aromatic heterocycles. The van der Waals surface area contributed by atoms with Crippen molar-refractivity contribution in [3.05, 3.63) is 23.9 Å². The molecule has 0 aromatic rings. The van der Waals surface area contributed by atoms with Crippen molar-refractivity contribution in [2.45, 2.75) is 4.05 Å². The van der Waals surface area contributed by atoms with Crippen molar-refractivity contribution in [2.75, 3.05) is 0 Å². The highest BCUT2D eigenvalue weighted by molar-refractivity contribution is 14.1. The van der Waals surface area contributed by atoms with Crippen LogP contribution in [0.15, 0.2) is 23.9 Å². The van der Waals surface area contributed by atoms with Gasteiger partial charge in [0, 0.05) is 0 Å². The Bertz CT molecular complexity index is 178. The van der Waals surface area contributed by atoms with Gasteiger partial charge in [0.2, 0.25) is 0 Å². The molecule has 2 N–H and O–H groups in total. The zero-order valence-electron chi connectivity index (χ0n) is 4.44. The lowest BCUT2D eigenvalue weighted by Crippen LogP contribution is -2.24. The second kappa shape index (κ2) is 2.55. The van der Waals surface area contributed by atoms with Crippen LogP contribution >= 0.6 is 22.6 Å². The van der Waals surface area contributed by atoms with E-state index < -0.39 is 5.95 Å². The van der Waals surface area contributed by atoms with Crippen molar-refractivity contribution >= 4 is 22.6 Å². The number of halogens is 2. The van der Waals surface area contributed by atoms with Crippen LogP contribution in [0.1, 0.15) is 0 Å². The van der Waals surface area contributed by atoms with Crippen LogP contribution in [-0.4, -0.2) is 9.16 Å². The second-order valence-corrected chi connectivity index (χ2v) is 2.86. The molecular formula is C5H5FINO. The molecule has 0 amide bonds. The minimum atomic E-state index is -0.410. The van der Waals surface area contributed by atoms with E-state index in [4.69, 9.17) is 5.11 Å². The maximum absolute atomic E-state index is 12.2. The first-order valence-electron chi connectivity index (χ1n) is 2.37. The molecule has 0 bridgehead atoms. The van der Waals surface area contributed by atoms with Gasteiger partial charge in [-0.1, -0.05) is 0 Å². The number of hydrogen-bond acceptors (Lipinski definition) is 2. The summed E-state index contributed by atoms with van der Waals surface area (Å²) < 4.78 is 11.9. The Morgan fingerprint density at radius 1 is 1.67 bits per heavy atom. The van der Waals surface area contributed by atoms with E-state index in [-0.39, 0.29) is 9.81 Å². The normalized spacial score (nSPS) is 26.2. The van der Waals surface area contributed by atoms with Crippen molar-refractivity contribution in [1.82, 2.24) is 5.32 Å². The Kier molecular flexibility index (Phi) is 1.94. The van der Waals surface area contributed by atoms with E-state index in [1.807, 2.05) is 22.6 Å². The fraction of sp³-hybridized carbons (Fsp3) is 0.200. The number of dihydropyridines is 1. The average Bonchev–Trinajstić information content (AvgIpc) is 1.80. The summed E-state index contributed by atoms with van der Waals surface area (Å²) in [6, 6.07) is 0. The predicted octanol–water partition coefficient (Wildman–Crippen LogP) is 1.60. The first kappa shape index (κ1) is 6.85. The van der Waals surface area contributed by atoms with Gasteiger partial charge in [-0.2, -0.15) is 4.39 Å². The molecule has 4 heteroatoms. The fourth-order valence-corrected chi connectivity index (χ4v) is 0.991. The summed E-state index contributed by atoms with van der Waals surface area (Å²) in [5, 5.41) is 11.3. The lowest BCUT2D eigenvalue weighted by molar-refractivity contribution is 0.374. The molecule has 0 saturated heterocycles. The topological polar surface area (TPSA) is 32.3 Å². The van der Waals surface area contributed by atoms with Crippen LogP contribution in [0.25, 0.3) is 0 Å². The van der Waals surface area contributed by atoms with Crippen LogP contribution in [0.5, 0.6) is 0 Å². The highest BCUT2D eigenvalue weighted by Crippen LogP contribution is 2.14. The van der Waals surface area contributed by atoms with E-state index in [9.17, 15) is 4.39 Å². The SMILES string of the molecule is OC1=CC=C(F)NC1I. The number of aliphatic hydroxyl groups is 1. The van der Waals surface area contributed by atoms with Crippen LogP contribution in [0, 0.1) is 0 Å². The fourth-order valence-electron chi connectivity index (χ4n) is 0.486. The molecule has 0 radical (unpaired) electrons. The molecule has 2 nitrogen and oxygen atoms in total. The van der Waals surface area contributed by atoms with Crippen molar-refractivity contribution in [1.29, 1.82) is 0 Å². The molecule has 0 aromatic carbocycles. The summed E-state index contributed by atoms with van der Waals surface area (Å²) in [5.74, 6) is -0.260. The van der Waals surface area contributed by atoms with E-state index in [0.717, 1.165) is 0 Å². The highest BCUT2D eigenvalue weighted by Gasteiger charge is 2.12. The Hall–Kier alpha value is -0.260. The van der Waals surface area contributed by atoms with Gasteiger partial charge in [-0.3, -0.25) is 0 Å². The molecule has 9 heavy (non-hydrogen) atoms. The van der Waals surface area contributed by atoms with Crippen LogP contribution in [0.4, 0.5) is 4.39 Å². The van der Waals surface area contributed by atoms with Crippen LogP contribution < -0.4 is 5.32 Å². The van der Waals surface area contributed by atoms with Crippen molar-refractivity contribution < 1.29 is 9.50 Å². The number of alkyl halides is 1. The number of allylic oxidation sites excluding steroid dienone is 2. The summed E-state index contributed by atoms with van der Waals surface area (Å²) in [5.41, 5.74) is 0. The molecule has 1 aliphatic heterocycles. The monoisotopic (exact) mass is 241 g/mol. The van der Waals surface area contributed by atoms with Gasteiger partial charge in [-0.15, -0.1) is 0 Å². The molecule has 1 unspecified atom stereocenters. The van der Waals surface area contributed by atoms with Gasteiger partial charge in [0.25, 0.3) is 0 Å². The smallest absolute Gasteiger partial charge is 0.188 e. The van der Waals surface area contributed by atoms with Gasteiger partial charge in [-0.05, 0) is 34.7 Å². The van der Waals surface area contributed by atoms with Gasteiger partial charge in [0.1, 0.15) is 9.81 Å². The van der Waals surface area contributed by atoms with E-state index in [2.05, 4.69) is 5.32 Å². The van der Waals surface area contributed by atoms with Crippen LogP contribution in [0.3, 0.4) is 0 Å². The maximum Gasteiger partial charge on any atom is 0.188 e. The van der Waals surface area contributed by atoms with Crippen molar-refractivity contribution in [3.8, 4) is 0 Å². The van der Waals surface area contributed by atoms with Gasteiger partial charge in [0.15, 0.2) is 5.95 Å². The van der Waals surface area contributed by atoms with Gasteiger partial charge >= 0.3 is 0 Å². The minimum absolute atomic E-state index is 0.150. The van der Waals surface area contributed by atoms with Crippen molar-refractivity contribution in [2.24, 2.45) is 0 Å². The molecule has 1 atom stereocenters. The van der Waals surface area contributed by atoms with Crippen LogP contribution in [0.2, 0.25) is 0 Å². The lowest BCUT2D eigenvalue weighted by Gasteiger charge is -2.13. The highest BCUT2D eigenvalue weighted by atomic mass is 127. The molecular weight excluding hydrogens is 236 g/mol. The average molecular weight is 241 g/mol. The quantitative estimate of drug-likeness (QED) is 0.383. The zero-order chi connectivity index (χ0) is 6.85. The Balaban J connectivity index is 2.74. The van der Waals surface area contributed by atoms with Gasteiger partial charge in [-0.25, -0.2) is 0 Å². The molecule has 1 rings (SSSR count). The molecule has 0 aliphatic carbocycles. The minimum Gasteiger partial charge on any atom is -0.509 e. The largest absolute Gasteiger partial charge is 0.509 e. The first-order valence-corrected chi connectivity index (χ1v) is 3.61. The lowest BCUT2D eigenvalue weighted by atomic mass is 10.3. The number of rotatable bonds is 0. The van der Waals surface area contributed by atoms with Crippen LogP contribution in [-0.2, 0) is 0 Å². The molecule has 0 saturated carbocycles. The molecule has 50 valence electrons.